The molecule has 178 valence electrons. The van der Waals surface area contributed by atoms with Gasteiger partial charge in [-0.25, -0.2) is 9.50 Å². The van der Waals surface area contributed by atoms with Gasteiger partial charge in [-0.1, -0.05) is 0 Å². The van der Waals surface area contributed by atoms with Crippen LogP contribution >= 0.6 is 0 Å². The number of nitrogens with one attached hydrogen (secondary N) is 1. The smallest absolute Gasteiger partial charge is 0.276 e. The molecule has 1 aliphatic heterocycles. The van der Waals surface area contributed by atoms with Gasteiger partial charge in [0.1, 0.15) is 5.78 Å². The van der Waals surface area contributed by atoms with Crippen molar-refractivity contribution in [1.82, 2.24) is 14.6 Å². The van der Waals surface area contributed by atoms with Crippen LogP contribution in [0.25, 0.3) is 16.9 Å². The predicted octanol–water partition coefficient (Wildman–Crippen LogP) is 3.84. The first-order valence-corrected chi connectivity index (χ1v) is 11.3. The summed E-state index contributed by atoms with van der Waals surface area (Å²) in [5.41, 5.74) is 4.12. The molecule has 35 heavy (non-hydrogen) atoms. The number of carbonyl (C=O) groups excluding carboxylic acids is 2. The van der Waals surface area contributed by atoms with Gasteiger partial charge in [-0.2, -0.15) is 5.10 Å². The summed E-state index contributed by atoms with van der Waals surface area (Å²) in [5, 5.41) is 7.41. The average molecular weight is 472 g/mol. The van der Waals surface area contributed by atoms with Crippen LogP contribution in [0.5, 0.6) is 11.5 Å². The number of piperidine rings is 1. The minimum Gasteiger partial charge on any atom is -0.493 e. The molecule has 1 N–H and O–H groups in total. The number of aromatic nitrogens is 3. The lowest BCUT2D eigenvalue weighted by molar-refractivity contribution is -0.119. The molecule has 0 unspecified atom stereocenters. The maximum absolute atomic E-state index is 12.9. The second-order valence-corrected chi connectivity index (χ2v) is 8.23. The third-order valence-corrected chi connectivity index (χ3v) is 6.08. The largest absolute Gasteiger partial charge is 0.493 e. The molecule has 1 fully saturated rings. The molecule has 5 rings (SSSR count). The second kappa shape index (κ2) is 9.46. The van der Waals surface area contributed by atoms with Crippen molar-refractivity contribution in [2.75, 3.05) is 37.5 Å². The van der Waals surface area contributed by atoms with Crippen LogP contribution in [0.1, 0.15) is 23.3 Å². The van der Waals surface area contributed by atoms with Crippen molar-refractivity contribution in [3.05, 3.63) is 66.5 Å². The zero-order valence-corrected chi connectivity index (χ0v) is 19.5. The maximum atomic E-state index is 12.9. The van der Waals surface area contributed by atoms with Gasteiger partial charge >= 0.3 is 0 Å². The molecule has 1 saturated heterocycles. The van der Waals surface area contributed by atoms with E-state index in [0.717, 1.165) is 30.0 Å². The molecule has 9 nitrogen and oxygen atoms in total. The molecule has 1 amide bonds. The second-order valence-electron chi connectivity index (χ2n) is 8.23. The number of benzene rings is 2. The third-order valence-electron chi connectivity index (χ3n) is 6.08. The third kappa shape index (κ3) is 4.52. The van der Waals surface area contributed by atoms with Crippen LogP contribution in [0.2, 0.25) is 0 Å². The Morgan fingerprint density at radius 1 is 0.943 bits per heavy atom. The van der Waals surface area contributed by atoms with Crippen LogP contribution in [0.15, 0.2) is 60.8 Å². The summed E-state index contributed by atoms with van der Waals surface area (Å²) in [6.07, 6.45) is 2.83. The van der Waals surface area contributed by atoms with E-state index in [-0.39, 0.29) is 11.6 Å². The van der Waals surface area contributed by atoms with Gasteiger partial charge in [0.15, 0.2) is 22.8 Å². The Hall–Kier alpha value is -4.40. The number of rotatable bonds is 6. The van der Waals surface area contributed by atoms with Crippen molar-refractivity contribution < 1.29 is 19.1 Å². The molecule has 3 heterocycles. The highest BCUT2D eigenvalue weighted by Gasteiger charge is 2.18. The fourth-order valence-electron chi connectivity index (χ4n) is 4.19. The number of hydrogen-bond acceptors (Lipinski definition) is 7. The number of anilines is 2. The lowest BCUT2D eigenvalue weighted by Gasteiger charge is -2.28. The number of hydrogen-bond donors (Lipinski definition) is 1. The van der Waals surface area contributed by atoms with Crippen molar-refractivity contribution in [3.8, 4) is 22.8 Å². The molecule has 0 saturated carbocycles. The molecule has 2 aromatic carbocycles. The van der Waals surface area contributed by atoms with Crippen LogP contribution in [0.3, 0.4) is 0 Å². The summed E-state index contributed by atoms with van der Waals surface area (Å²) in [5.74, 6) is 1.20. The lowest BCUT2D eigenvalue weighted by atomic mass is 10.1. The molecular weight excluding hydrogens is 446 g/mol. The molecule has 4 aromatic rings. The molecule has 9 heteroatoms. The van der Waals surface area contributed by atoms with Crippen molar-refractivity contribution in [1.29, 1.82) is 0 Å². The van der Waals surface area contributed by atoms with E-state index in [1.807, 2.05) is 48.5 Å². The monoisotopic (exact) mass is 471 g/mol. The van der Waals surface area contributed by atoms with E-state index in [4.69, 9.17) is 9.47 Å². The number of methoxy groups -OCH3 is 2. The fraction of sp³-hybridized carbons (Fsp3) is 0.231. The van der Waals surface area contributed by atoms with Gasteiger partial charge in [-0.3, -0.25) is 9.59 Å². The highest BCUT2D eigenvalue weighted by molar-refractivity contribution is 6.03. The molecule has 1 aliphatic rings. The molecule has 0 aliphatic carbocycles. The Morgan fingerprint density at radius 3 is 2.40 bits per heavy atom. The summed E-state index contributed by atoms with van der Waals surface area (Å²) >= 11 is 0. The van der Waals surface area contributed by atoms with Gasteiger partial charge in [0.05, 0.1) is 19.9 Å². The molecule has 2 aromatic heterocycles. The average Bonchev–Trinajstić information content (AvgIpc) is 3.34. The minimum atomic E-state index is -0.329. The number of nitrogens with zero attached hydrogens (tertiary/aromatic N) is 4. The van der Waals surface area contributed by atoms with Crippen LogP contribution in [-0.4, -0.2) is 53.6 Å². The lowest BCUT2D eigenvalue weighted by Crippen LogP contribution is -2.33. The number of ether oxygens (including phenoxy) is 2. The first-order valence-electron chi connectivity index (χ1n) is 11.3. The van der Waals surface area contributed by atoms with Crippen LogP contribution in [-0.2, 0) is 4.79 Å². The van der Waals surface area contributed by atoms with Gasteiger partial charge < -0.3 is 19.7 Å². The van der Waals surface area contributed by atoms with Crippen LogP contribution in [0.4, 0.5) is 11.4 Å². The molecule has 0 spiro atoms. The number of Topliss-reactive ketones (excluding diaryl/α,β-unsaturated/α-hetero) is 1. The fourth-order valence-corrected chi connectivity index (χ4v) is 4.19. The van der Waals surface area contributed by atoms with E-state index in [1.165, 1.54) is 0 Å². The highest BCUT2D eigenvalue weighted by atomic mass is 16.5. The van der Waals surface area contributed by atoms with Crippen LogP contribution in [0, 0.1) is 0 Å². The molecule has 0 radical (unpaired) electrons. The maximum Gasteiger partial charge on any atom is 0.276 e. The van der Waals surface area contributed by atoms with Crippen molar-refractivity contribution in [2.45, 2.75) is 12.8 Å². The zero-order valence-electron chi connectivity index (χ0n) is 19.5. The van der Waals surface area contributed by atoms with Crippen LogP contribution < -0.4 is 19.7 Å². The SMILES string of the molecule is COc1ccc(-c2ccnc3cc(C(=O)Nc4ccc(N5CCC(=O)CC5)cc4)nn23)cc1OC. The number of carbonyl (C=O) groups is 2. The van der Waals surface area contributed by atoms with Gasteiger partial charge in [0.2, 0.25) is 0 Å². The molecule has 0 bridgehead atoms. The summed E-state index contributed by atoms with van der Waals surface area (Å²) in [4.78, 5) is 30.9. The van der Waals surface area contributed by atoms with Gasteiger partial charge in [-0.15, -0.1) is 0 Å². The van der Waals surface area contributed by atoms with Crippen molar-refractivity contribution in [2.24, 2.45) is 0 Å². The highest BCUT2D eigenvalue weighted by Crippen LogP contribution is 2.32. The topological polar surface area (TPSA) is 98.1 Å². The van der Waals surface area contributed by atoms with Gasteiger partial charge in [0.25, 0.3) is 5.91 Å². The van der Waals surface area contributed by atoms with E-state index in [2.05, 4.69) is 20.3 Å². The minimum absolute atomic E-state index is 0.254. The van der Waals surface area contributed by atoms with E-state index < -0.39 is 0 Å². The standard InChI is InChI=1S/C26H25N5O4/c1-34-23-8-3-17(15-24(23)35-2)22-9-12-27-25-16-21(29-31(22)25)26(33)28-18-4-6-19(7-5-18)30-13-10-20(32)11-14-30/h3-9,12,15-16H,10-11,13-14H2,1-2H3,(H,28,33). The van der Waals surface area contributed by atoms with Gasteiger partial charge in [0, 0.05) is 55.1 Å². The Bertz CT molecular complexity index is 1390. The quantitative estimate of drug-likeness (QED) is 0.456. The Kier molecular flexibility index (Phi) is 6.05. The van der Waals surface area contributed by atoms with Gasteiger partial charge in [-0.05, 0) is 48.5 Å². The molecule has 0 atom stereocenters. The Morgan fingerprint density at radius 2 is 1.69 bits per heavy atom. The summed E-state index contributed by atoms with van der Waals surface area (Å²) < 4.78 is 12.4. The number of ketones is 1. The van der Waals surface area contributed by atoms with Crippen molar-refractivity contribution >= 4 is 28.7 Å². The number of fused-ring (bicyclic) bond motifs is 1. The van der Waals surface area contributed by atoms with Crippen molar-refractivity contribution in [3.63, 3.8) is 0 Å². The summed E-state index contributed by atoms with van der Waals surface area (Å²) in [6.45, 7) is 1.45. The molecular formula is C26H25N5O4. The summed E-state index contributed by atoms with van der Waals surface area (Å²) in [7, 11) is 3.17. The first-order chi connectivity index (χ1) is 17.1. The number of amides is 1. The Balaban J connectivity index is 1.36. The summed E-state index contributed by atoms with van der Waals surface area (Å²) in [6, 6.07) is 16.7. The Labute approximate surface area is 202 Å². The van der Waals surface area contributed by atoms with E-state index >= 15 is 0 Å². The predicted molar refractivity (Wildman–Crippen MR) is 132 cm³/mol. The normalized spacial score (nSPS) is 13.7. The zero-order chi connectivity index (χ0) is 24.4. The van der Waals surface area contributed by atoms with E-state index in [1.54, 1.807) is 31.0 Å². The first kappa shape index (κ1) is 22.4. The van der Waals surface area contributed by atoms with E-state index in [0.29, 0.717) is 41.5 Å². The van der Waals surface area contributed by atoms with E-state index in [9.17, 15) is 9.59 Å².